The Morgan fingerprint density at radius 2 is 1.93 bits per heavy atom. The number of carbonyl (C=O) groups excluding carboxylic acids is 1. The lowest BCUT2D eigenvalue weighted by Gasteiger charge is -2.32. The molecule has 1 aromatic heterocycles. The van der Waals surface area contributed by atoms with E-state index in [2.05, 4.69) is 26.5 Å². The van der Waals surface area contributed by atoms with Crippen LogP contribution in [0.3, 0.4) is 0 Å². The van der Waals surface area contributed by atoms with E-state index in [9.17, 15) is 13.2 Å². The second-order valence-corrected chi connectivity index (χ2v) is 9.41. The molecule has 150 valence electrons. The van der Waals surface area contributed by atoms with Crippen LogP contribution in [0.15, 0.2) is 61.5 Å². The van der Waals surface area contributed by atoms with Crippen LogP contribution in [0, 0.1) is 0 Å². The Kier molecular flexibility index (Phi) is 7.03. The van der Waals surface area contributed by atoms with Gasteiger partial charge in [0.1, 0.15) is 5.76 Å². The average Bonchev–Trinajstić information content (AvgIpc) is 3.20. The smallest absolute Gasteiger partial charge is 0.255 e. The second kappa shape index (κ2) is 9.49. The van der Waals surface area contributed by atoms with E-state index in [1.165, 1.54) is 16.8 Å². The molecular weight excluding hydrogens is 446 g/mol. The number of nitrogens with zero attached hydrogens (tertiary/aromatic N) is 2. The van der Waals surface area contributed by atoms with Crippen molar-refractivity contribution in [2.24, 2.45) is 5.10 Å². The molecule has 1 heterocycles. The van der Waals surface area contributed by atoms with E-state index in [0.717, 1.165) is 36.6 Å². The average molecular weight is 468 g/mol. The first kappa shape index (κ1) is 20.8. The highest BCUT2D eigenvalue weighted by atomic mass is 79.9. The first-order valence-electron chi connectivity index (χ1n) is 9.09. The van der Waals surface area contributed by atoms with Crippen LogP contribution in [0.25, 0.3) is 0 Å². The Bertz CT molecular complexity index is 905. The lowest BCUT2D eigenvalue weighted by molar-refractivity contribution is -0.121. The third-order valence-electron chi connectivity index (χ3n) is 4.63. The minimum atomic E-state index is -3.80. The van der Waals surface area contributed by atoms with Crippen LogP contribution in [-0.4, -0.2) is 37.4 Å². The van der Waals surface area contributed by atoms with Crippen molar-refractivity contribution in [3.63, 3.8) is 0 Å². The highest BCUT2D eigenvalue weighted by Gasteiger charge is 2.33. The minimum Gasteiger partial charge on any atom is -0.463 e. The first-order chi connectivity index (χ1) is 13.5. The Balaban J connectivity index is 1.76. The van der Waals surface area contributed by atoms with Gasteiger partial charge in [0.2, 0.25) is 10.0 Å². The monoisotopic (exact) mass is 467 g/mol. The molecular formula is C19H22BrN3O4S. The number of hydrazone groups is 1. The summed E-state index contributed by atoms with van der Waals surface area (Å²) in [6.45, 7) is -0.279. The SMILES string of the molecule is O=C(CN(C1CCCCC1)S(=O)(=O)c1ccc(Br)cc1)N/N=C\c1ccco1. The van der Waals surface area contributed by atoms with Gasteiger partial charge in [-0.15, -0.1) is 0 Å². The summed E-state index contributed by atoms with van der Waals surface area (Å²) < 4.78 is 33.6. The summed E-state index contributed by atoms with van der Waals surface area (Å²) in [5, 5.41) is 3.83. The maximum Gasteiger partial charge on any atom is 0.255 e. The number of rotatable bonds is 7. The van der Waals surface area contributed by atoms with Crippen molar-refractivity contribution in [3.05, 3.63) is 52.9 Å². The van der Waals surface area contributed by atoms with Crippen LogP contribution < -0.4 is 5.43 Å². The van der Waals surface area contributed by atoms with Gasteiger partial charge < -0.3 is 4.42 Å². The number of furan rings is 1. The third kappa shape index (κ3) is 5.30. The number of hydrogen-bond acceptors (Lipinski definition) is 5. The van der Waals surface area contributed by atoms with Crippen LogP contribution in [0.1, 0.15) is 37.9 Å². The molecule has 9 heteroatoms. The Morgan fingerprint density at radius 1 is 1.21 bits per heavy atom. The molecule has 1 amide bonds. The largest absolute Gasteiger partial charge is 0.463 e. The van der Waals surface area contributed by atoms with Gasteiger partial charge in [0.25, 0.3) is 5.91 Å². The van der Waals surface area contributed by atoms with E-state index in [1.54, 1.807) is 36.4 Å². The molecule has 1 fully saturated rings. The molecule has 3 rings (SSSR count). The zero-order valence-corrected chi connectivity index (χ0v) is 17.7. The topological polar surface area (TPSA) is 92.0 Å². The van der Waals surface area contributed by atoms with Crippen LogP contribution >= 0.6 is 15.9 Å². The van der Waals surface area contributed by atoms with E-state index in [-0.39, 0.29) is 17.5 Å². The lowest BCUT2D eigenvalue weighted by Crippen LogP contribution is -2.46. The van der Waals surface area contributed by atoms with Crippen LogP contribution in [-0.2, 0) is 14.8 Å². The highest BCUT2D eigenvalue weighted by Crippen LogP contribution is 2.28. The van der Waals surface area contributed by atoms with Crippen molar-refractivity contribution in [2.45, 2.75) is 43.0 Å². The molecule has 0 spiro atoms. The number of halogens is 1. The predicted octanol–water partition coefficient (Wildman–Crippen LogP) is 3.52. The summed E-state index contributed by atoms with van der Waals surface area (Å²) in [5.41, 5.74) is 2.38. The Labute approximate surface area is 173 Å². The molecule has 0 saturated heterocycles. The van der Waals surface area contributed by atoms with Gasteiger partial charge >= 0.3 is 0 Å². The molecule has 1 aliphatic carbocycles. The zero-order valence-electron chi connectivity index (χ0n) is 15.3. The third-order valence-corrected chi connectivity index (χ3v) is 7.07. The second-order valence-electron chi connectivity index (χ2n) is 6.60. The van der Waals surface area contributed by atoms with Crippen LogP contribution in [0.4, 0.5) is 0 Å². The molecule has 0 bridgehead atoms. The van der Waals surface area contributed by atoms with Gasteiger partial charge in [-0.1, -0.05) is 35.2 Å². The van der Waals surface area contributed by atoms with Gasteiger partial charge in [0.15, 0.2) is 0 Å². The van der Waals surface area contributed by atoms with Gasteiger partial charge in [-0.3, -0.25) is 4.79 Å². The molecule has 0 unspecified atom stereocenters. The van der Waals surface area contributed by atoms with Crippen molar-refractivity contribution in [1.29, 1.82) is 0 Å². The van der Waals surface area contributed by atoms with Crippen molar-refractivity contribution in [3.8, 4) is 0 Å². The molecule has 0 atom stereocenters. The molecule has 1 aromatic carbocycles. The van der Waals surface area contributed by atoms with Gasteiger partial charge in [-0.25, -0.2) is 13.8 Å². The molecule has 2 aromatic rings. The van der Waals surface area contributed by atoms with E-state index in [1.807, 2.05) is 0 Å². The summed E-state index contributed by atoms with van der Waals surface area (Å²) in [7, 11) is -3.80. The number of benzene rings is 1. The van der Waals surface area contributed by atoms with E-state index >= 15 is 0 Å². The molecule has 0 aliphatic heterocycles. The normalized spacial score (nSPS) is 15.9. The van der Waals surface area contributed by atoms with Crippen molar-refractivity contribution >= 4 is 38.1 Å². The summed E-state index contributed by atoms with van der Waals surface area (Å²) >= 11 is 3.31. The van der Waals surface area contributed by atoms with E-state index in [4.69, 9.17) is 4.42 Å². The zero-order chi connectivity index (χ0) is 20.0. The number of carbonyl (C=O) groups is 1. The number of amides is 1. The Morgan fingerprint density at radius 3 is 2.57 bits per heavy atom. The summed E-state index contributed by atoms with van der Waals surface area (Å²) in [6.07, 6.45) is 7.36. The number of nitrogens with one attached hydrogen (secondary N) is 1. The maximum absolute atomic E-state index is 13.2. The standard InChI is InChI=1S/C19H22BrN3O4S/c20-15-8-10-18(11-9-15)28(25,26)23(16-5-2-1-3-6-16)14-19(24)22-21-13-17-7-4-12-27-17/h4,7-13,16H,1-3,5-6,14H2,(H,22,24)/b21-13-. The summed E-state index contributed by atoms with van der Waals surface area (Å²) in [5.74, 6) is 0.000914. The van der Waals surface area contributed by atoms with E-state index < -0.39 is 15.9 Å². The van der Waals surface area contributed by atoms with Crippen LogP contribution in [0.5, 0.6) is 0 Å². The molecule has 1 saturated carbocycles. The van der Waals surface area contributed by atoms with Crippen LogP contribution in [0.2, 0.25) is 0 Å². The van der Waals surface area contributed by atoms with Gasteiger partial charge in [0.05, 0.1) is 23.9 Å². The molecule has 1 aliphatic rings. The quantitative estimate of drug-likeness (QED) is 0.497. The fourth-order valence-electron chi connectivity index (χ4n) is 3.23. The molecule has 0 radical (unpaired) electrons. The van der Waals surface area contributed by atoms with Gasteiger partial charge in [0, 0.05) is 10.5 Å². The van der Waals surface area contributed by atoms with Crippen molar-refractivity contribution < 1.29 is 17.6 Å². The molecule has 1 N–H and O–H groups in total. The predicted molar refractivity (Wildman–Crippen MR) is 109 cm³/mol. The number of hydrogen-bond donors (Lipinski definition) is 1. The summed E-state index contributed by atoms with van der Waals surface area (Å²) in [6, 6.07) is 9.66. The van der Waals surface area contributed by atoms with Crippen molar-refractivity contribution in [1.82, 2.24) is 9.73 Å². The van der Waals surface area contributed by atoms with Gasteiger partial charge in [-0.2, -0.15) is 9.41 Å². The Hall–Kier alpha value is -1.97. The van der Waals surface area contributed by atoms with E-state index in [0.29, 0.717) is 5.76 Å². The molecule has 28 heavy (non-hydrogen) atoms. The first-order valence-corrected chi connectivity index (χ1v) is 11.3. The lowest BCUT2D eigenvalue weighted by atomic mass is 9.95. The maximum atomic E-state index is 13.2. The van der Waals surface area contributed by atoms with Gasteiger partial charge in [-0.05, 0) is 49.2 Å². The minimum absolute atomic E-state index is 0.174. The fraction of sp³-hybridized carbons (Fsp3) is 0.368. The highest BCUT2D eigenvalue weighted by molar-refractivity contribution is 9.10. The van der Waals surface area contributed by atoms with Crippen molar-refractivity contribution in [2.75, 3.05) is 6.54 Å². The number of sulfonamides is 1. The fourth-order valence-corrected chi connectivity index (χ4v) is 5.14. The summed E-state index contributed by atoms with van der Waals surface area (Å²) in [4.78, 5) is 12.6. The molecule has 7 nitrogen and oxygen atoms in total.